The number of nitrogens with zero attached hydrogens (tertiary/aromatic N) is 1. The molecule has 3 nitrogen and oxygen atoms in total. The minimum absolute atomic E-state index is 0.230. The molecule has 0 spiro atoms. The highest BCUT2D eigenvalue weighted by molar-refractivity contribution is 5.83. The second-order valence-corrected chi connectivity index (χ2v) is 5.40. The van der Waals surface area contributed by atoms with Crippen LogP contribution in [0.4, 0.5) is 0 Å². The summed E-state index contributed by atoms with van der Waals surface area (Å²) >= 11 is 0. The maximum Gasteiger partial charge on any atom is 0.0722 e. The van der Waals surface area contributed by atoms with Gasteiger partial charge in [-0.05, 0) is 24.6 Å². The maximum atomic E-state index is 5.35. The molecule has 1 atom stereocenters. The van der Waals surface area contributed by atoms with Crippen LogP contribution in [0.15, 0.2) is 30.5 Å². The van der Waals surface area contributed by atoms with Gasteiger partial charge in [0.25, 0.3) is 0 Å². The Bertz CT molecular complexity index is 531. The molecule has 0 saturated heterocycles. The molecule has 1 aromatic heterocycles. The predicted molar refractivity (Wildman–Crippen MR) is 80.4 cm³/mol. The van der Waals surface area contributed by atoms with Crippen molar-refractivity contribution in [3.05, 3.63) is 36.0 Å². The second kappa shape index (κ2) is 6.22. The minimum Gasteiger partial charge on any atom is -0.380 e. The van der Waals surface area contributed by atoms with E-state index >= 15 is 0 Å². The third-order valence-electron chi connectivity index (χ3n) is 3.46. The first kappa shape index (κ1) is 14.1. The van der Waals surface area contributed by atoms with Gasteiger partial charge in [0.15, 0.2) is 0 Å². The van der Waals surface area contributed by atoms with Gasteiger partial charge in [0.1, 0.15) is 0 Å². The normalized spacial score (nSPS) is 13.3. The van der Waals surface area contributed by atoms with Crippen LogP contribution >= 0.6 is 0 Å². The van der Waals surface area contributed by atoms with Gasteiger partial charge in [0, 0.05) is 43.3 Å². The van der Waals surface area contributed by atoms with Crippen LogP contribution in [0, 0.1) is 0 Å². The molecule has 2 aromatic rings. The summed E-state index contributed by atoms with van der Waals surface area (Å²) in [6.07, 6.45) is 2.38. The van der Waals surface area contributed by atoms with Crippen molar-refractivity contribution in [1.29, 1.82) is 0 Å². The number of ether oxygens (including phenoxy) is 1. The SMILES string of the molecule is COC(C)Cn1ccc2c(CNC(C)C)cccc21. The zero-order valence-electron chi connectivity index (χ0n) is 12.3. The van der Waals surface area contributed by atoms with Crippen molar-refractivity contribution in [3.63, 3.8) is 0 Å². The van der Waals surface area contributed by atoms with Crippen molar-refractivity contribution in [1.82, 2.24) is 9.88 Å². The lowest BCUT2D eigenvalue weighted by molar-refractivity contribution is 0.104. The summed E-state index contributed by atoms with van der Waals surface area (Å²) in [5.41, 5.74) is 2.64. The van der Waals surface area contributed by atoms with Crippen LogP contribution in [0.5, 0.6) is 0 Å². The topological polar surface area (TPSA) is 26.2 Å². The van der Waals surface area contributed by atoms with Gasteiger partial charge in [0.2, 0.25) is 0 Å². The Morgan fingerprint density at radius 3 is 2.68 bits per heavy atom. The van der Waals surface area contributed by atoms with Crippen molar-refractivity contribution in [2.75, 3.05) is 7.11 Å². The summed E-state index contributed by atoms with van der Waals surface area (Å²) in [6, 6.07) is 9.21. The van der Waals surface area contributed by atoms with Crippen molar-refractivity contribution in [3.8, 4) is 0 Å². The van der Waals surface area contributed by atoms with Crippen LogP contribution in [0.2, 0.25) is 0 Å². The number of hydrogen-bond donors (Lipinski definition) is 1. The molecule has 1 heterocycles. The monoisotopic (exact) mass is 260 g/mol. The molecule has 1 aromatic carbocycles. The summed E-state index contributed by atoms with van der Waals surface area (Å²) in [7, 11) is 1.76. The zero-order valence-corrected chi connectivity index (χ0v) is 12.3. The highest BCUT2D eigenvalue weighted by Crippen LogP contribution is 2.21. The van der Waals surface area contributed by atoms with Crippen LogP contribution in [0.25, 0.3) is 10.9 Å². The van der Waals surface area contributed by atoms with Crippen molar-refractivity contribution in [2.24, 2.45) is 0 Å². The number of rotatable bonds is 6. The smallest absolute Gasteiger partial charge is 0.0722 e. The van der Waals surface area contributed by atoms with Crippen molar-refractivity contribution < 1.29 is 4.74 Å². The predicted octanol–water partition coefficient (Wildman–Crippen LogP) is 3.17. The Kier molecular flexibility index (Phi) is 4.61. The number of aromatic nitrogens is 1. The molecule has 0 fully saturated rings. The first-order chi connectivity index (χ1) is 9.11. The fraction of sp³-hybridized carbons (Fsp3) is 0.500. The van der Waals surface area contributed by atoms with E-state index in [4.69, 9.17) is 4.74 Å². The molecule has 0 aliphatic heterocycles. The lowest BCUT2D eigenvalue weighted by atomic mass is 10.1. The lowest BCUT2D eigenvalue weighted by Gasteiger charge is -2.13. The molecule has 3 heteroatoms. The van der Waals surface area contributed by atoms with Gasteiger partial charge in [-0.25, -0.2) is 0 Å². The largest absolute Gasteiger partial charge is 0.380 e. The van der Waals surface area contributed by atoms with E-state index in [2.05, 4.69) is 61.1 Å². The van der Waals surface area contributed by atoms with Gasteiger partial charge in [-0.1, -0.05) is 26.0 Å². The molecule has 0 aliphatic carbocycles. The molecular formula is C16H24N2O. The van der Waals surface area contributed by atoms with E-state index in [0.29, 0.717) is 6.04 Å². The number of nitrogens with one attached hydrogen (secondary N) is 1. The lowest BCUT2D eigenvalue weighted by Crippen LogP contribution is -2.21. The number of benzene rings is 1. The third kappa shape index (κ3) is 3.37. The highest BCUT2D eigenvalue weighted by Gasteiger charge is 2.08. The Labute approximate surface area is 115 Å². The average molecular weight is 260 g/mol. The molecule has 0 radical (unpaired) electrons. The highest BCUT2D eigenvalue weighted by atomic mass is 16.5. The summed E-state index contributed by atoms with van der Waals surface area (Å²) in [6.45, 7) is 8.24. The minimum atomic E-state index is 0.230. The number of hydrogen-bond acceptors (Lipinski definition) is 2. The van der Waals surface area contributed by atoms with Crippen LogP contribution in [0.3, 0.4) is 0 Å². The number of methoxy groups -OCH3 is 1. The van der Waals surface area contributed by atoms with E-state index < -0.39 is 0 Å². The van der Waals surface area contributed by atoms with Crippen LogP contribution in [-0.2, 0) is 17.8 Å². The number of fused-ring (bicyclic) bond motifs is 1. The maximum absolute atomic E-state index is 5.35. The third-order valence-corrected chi connectivity index (χ3v) is 3.46. The molecule has 104 valence electrons. The van der Waals surface area contributed by atoms with E-state index in [1.807, 2.05) is 0 Å². The Morgan fingerprint density at radius 2 is 2.00 bits per heavy atom. The molecule has 19 heavy (non-hydrogen) atoms. The molecule has 2 rings (SSSR count). The molecule has 0 amide bonds. The van der Waals surface area contributed by atoms with Gasteiger partial charge < -0.3 is 14.6 Å². The molecule has 0 bridgehead atoms. The van der Waals surface area contributed by atoms with E-state index in [1.165, 1.54) is 16.5 Å². The Morgan fingerprint density at radius 1 is 1.21 bits per heavy atom. The average Bonchev–Trinajstić information content (AvgIpc) is 2.80. The van der Waals surface area contributed by atoms with Crippen molar-refractivity contribution in [2.45, 2.75) is 46.0 Å². The van der Waals surface area contributed by atoms with Crippen LogP contribution in [-0.4, -0.2) is 23.8 Å². The standard InChI is InChI=1S/C16H24N2O/c1-12(2)17-10-14-6-5-7-16-15(14)8-9-18(16)11-13(3)19-4/h5-9,12-13,17H,10-11H2,1-4H3. The Balaban J connectivity index is 2.26. The molecule has 1 N–H and O–H groups in total. The second-order valence-electron chi connectivity index (χ2n) is 5.40. The molecule has 0 saturated carbocycles. The van der Waals surface area contributed by atoms with Gasteiger partial charge in [-0.3, -0.25) is 0 Å². The van der Waals surface area contributed by atoms with Gasteiger partial charge >= 0.3 is 0 Å². The Hall–Kier alpha value is -1.32. The summed E-state index contributed by atoms with van der Waals surface area (Å²) in [5, 5.41) is 4.81. The van der Waals surface area contributed by atoms with E-state index in [1.54, 1.807) is 7.11 Å². The summed E-state index contributed by atoms with van der Waals surface area (Å²) < 4.78 is 7.61. The zero-order chi connectivity index (χ0) is 13.8. The van der Waals surface area contributed by atoms with Crippen molar-refractivity contribution >= 4 is 10.9 Å². The quantitative estimate of drug-likeness (QED) is 0.863. The first-order valence-corrected chi connectivity index (χ1v) is 6.94. The fourth-order valence-electron chi connectivity index (χ4n) is 2.27. The summed E-state index contributed by atoms with van der Waals surface area (Å²) in [4.78, 5) is 0. The first-order valence-electron chi connectivity index (χ1n) is 6.94. The molecule has 1 unspecified atom stereocenters. The molecular weight excluding hydrogens is 236 g/mol. The van der Waals surface area contributed by atoms with E-state index in [9.17, 15) is 0 Å². The van der Waals surface area contributed by atoms with Crippen LogP contribution < -0.4 is 5.32 Å². The fourth-order valence-corrected chi connectivity index (χ4v) is 2.27. The van der Waals surface area contributed by atoms with Gasteiger partial charge in [-0.2, -0.15) is 0 Å². The summed E-state index contributed by atoms with van der Waals surface area (Å²) in [5.74, 6) is 0. The molecule has 0 aliphatic rings. The van der Waals surface area contributed by atoms with Crippen LogP contribution in [0.1, 0.15) is 26.3 Å². The van der Waals surface area contributed by atoms with Gasteiger partial charge in [0.05, 0.1) is 6.10 Å². The van der Waals surface area contributed by atoms with E-state index in [-0.39, 0.29) is 6.10 Å². The van der Waals surface area contributed by atoms with Gasteiger partial charge in [-0.15, -0.1) is 0 Å². The van der Waals surface area contributed by atoms with E-state index in [0.717, 1.165) is 13.1 Å².